The van der Waals surface area contributed by atoms with Crippen LogP contribution in [-0.2, 0) is 11.3 Å². The number of carbonyl (C=O) groups excluding carboxylic acids is 2. The Bertz CT molecular complexity index is 741. The third kappa shape index (κ3) is 3.62. The highest BCUT2D eigenvalue weighted by atomic mass is 32.1. The monoisotopic (exact) mass is 332 g/mol. The van der Waals surface area contributed by atoms with Crippen LogP contribution in [0.15, 0.2) is 29.6 Å². The van der Waals surface area contributed by atoms with Gasteiger partial charge in [0, 0.05) is 10.4 Å². The smallest absolute Gasteiger partial charge is 0.251 e. The van der Waals surface area contributed by atoms with Crippen molar-refractivity contribution in [2.75, 3.05) is 13.3 Å². The number of rotatable bonds is 5. The number of aryl methyl sites for hydroxylation is 1. The summed E-state index contributed by atoms with van der Waals surface area (Å²) in [5.74, 6) is 0.596. The summed E-state index contributed by atoms with van der Waals surface area (Å²) in [5, 5.41) is 7.36. The van der Waals surface area contributed by atoms with Gasteiger partial charge in [-0.05, 0) is 42.1 Å². The Kier molecular flexibility index (Phi) is 4.47. The predicted octanol–water partition coefficient (Wildman–Crippen LogP) is 1.83. The number of hydrogen-bond donors (Lipinski definition) is 2. The molecule has 0 bridgehead atoms. The molecule has 1 aromatic heterocycles. The van der Waals surface area contributed by atoms with Gasteiger partial charge >= 0.3 is 0 Å². The lowest BCUT2D eigenvalue weighted by Gasteiger charge is -2.07. The molecular weight excluding hydrogens is 316 g/mol. The SMILES string of the molecule is Cc1ccsc1CNC(=O)CNC(=O)c1ccc2c(c1)OCO2. The van der Waals surface area contributed by atoms with Gasteiger partial charge in [0.2, 0.25) is 12.7 Å². The normalized spacial score (nSPS) is 12.0. The molecule has 2 N–H and O–H groups in total. The number of hydrogen-bond acceptors (Lipinski definition) is 5. The van der Waals surface area contributed by atoms with Crippen molar-refractivity contribution in [1.82, 2.24) is 10.6 Å². The van der Waals surface area contributed by atoms with Crippen LogP contribution < -0.4 is 20.1 Å². The number of ether oxygens (including phenoxy) is 2. The number of amides is 2. The third-order valence-corrected chi connectivity index (χ3v) is 4.48. The van der Waals surface area contributed by atoms with Gasteiger partial charge in [-0.15, -0.1) is 11.3 Å². The van der Waals surface area contributed by atoms with Crippen molar-refractivity contribution in [1.29, 1.82) is 0 Å². The first kappa shape index (κ1) is 15.4. The second-order valence-corrected chi connectivity index (χ2v) is 6.05. The van der Waals surface area contributed by atoms with Gasteiger partial charge < -0.3 is 20.1 Å². The van der Waals surface area contributed by atoms with E-state index in [0.29, 0.717) is 23.6 Å². The van der Waals surface area contributed by atoms with Crippen LogP contribution in [0, 0.1) is 6.92 Å². The fourth-order valence-corrected chi connectivity index (χ4v) is 2.97. The summed E-state index contributed by atoms with van der Waals surface area (Å²) in [6.45, 7) is 2.56. The molecule has 0 atom stereocenters. The van der Waals surface area contributed by atoms with Crippen LogP contribution in [0.4, 0.5) is 0 Å². The molecule has 1 aliphatic heterocycles. The maximum atomic E-state index is 12.1. The molecule has 0 radical (unpaired) electrons. The van der Waals surface area contributed by atoms with Crippen molar-refractivity contribution in [3.8, 4) is 11.5 Å². The van der Waals surface area contributed by atoms with Gasteiger partial charge in [0.05, 0.1) is 13.1 Å². The van der Waals surface area contributed by atoms with Gasteiger partial charge in [-0.3, -0.25) is 9.59 Å². The Morgan fingerprint density at radius 2 is 2.00 bits per heavy atom. The largest absolute Gasteiger partial charge is 0.454 e. The van der Waals surface area contributed by atoms with Gasteiger partial charge in [-0.2, -0.15) is 0 Å². The van der Waals surface area contributed by atoms with E-state index in [4.69, 9.17) is 9.47 Å². The maximum Gasteiger partial charge on any atom is 0.251 e. The molecule has 0 unspecified atom stereocenters. The van der Waals surface area contributed by atoms with Crippen LogP contribution in [-0.4, -0.2) is 25.2 Å². The summed E-state index contributed by atoms with van der Waals surface area (Å²) < 4.78 is 10.4. The van der Waals surface area contributed by atoms with E-state index in [0.717, 1.165) is 10.4 Å². The van der Waals surface area contributed by atoms with E-state index in [-0.39, 0.29) is 25.2 Å². The van der Waals surface area contributed by atoms with Gasteiger partial charge in [0.25, 0.3) is 5.91 Å². The molecule has 23 heavy (non-hydrogen) atoms. The standard InChI is InChI=1S/C16H16N2O4S/c1-10-4-5-23-14(10)7-17-15(19)8-18-16(20)11-2-3-12-13(6-11)22-9-21-12/h2-6H,7-9H2,1H3,(H,17,19)(H,18,20). The molecule has 0 spiro atoms. The first-order valence-electron chi connectivity index (χ1n) is 7.11. The number of carbonyl (C=O) groups is 2. The first-order valence-corrected chi connectivity index (χ1v) is 7.99. The Morgan fingerprint density at radius 3 is 2.78 bits per heavy atom. The highest BCUT2D eigenvalue weighted by Crippen LogP contribution is 2.32. The topological polar surface area (TPSA) is 76.7 Å². The molecule has 0 saturated carbocycles. The molecule has 2 amide bonds. The minimum absolute atomic E-state index is 0.0717. The summed E-state index contributed by atoms with van der Waals surface area (Å²) >= 11 is 1.60. The average Bonchev–Trinajstić information content (AvgIpc) is 3.18. The lowest BCUT2D eigenvalue weighted by atomic mass is 10.2. The summed E-state index contributed by atoms with van der Waals surface area (Å²) in [4.78, 5) is 25.0. The van der Waals surface area contributed by atoms with Crippen LogP contribution >= 0.6 is 11.3 Å². The Morgan fingerprint density at radius 1 is 1.17 bits per heavy atom. The summed E-state index contributed by atoms with van der Waals surface area (Å²) in [6, 6.07) is 6.92. The molecular formula is C16H16N2O4S. The van der Waals surface area contributed by atoms with E-state index in [1.54, 1.807) is 29.5 Å². The number of fused-ring (bicyclic) bond motifs is 1. The highest BCUT2D eigenvalue weighted by Gasteiger charge is 2.16. The minimum Gasteiger partial charge on any atom is -0.454 e. The Hall–Kier alpha value is -2.54. The van der Waals surface area contributed by atoms with E-state index < -0.39 is 0 Å². The van der Waals surface area contributed by atoms with Crippen molar-refractivity contribution < 1.29 is 19.1 Å². The fraction of sp³-hybridized carbons (Fsp3) is 0.250. The van der Waals surface area contributed by atoms with Crippen LogP contribution in [0.3, 0.4) is 0 Å². The lowest BCUT2D eigenvalue weighted by Crippen LogP contribution is -2.36. The van der Waals surface area contributed by atoms with Crippen molar-refractivity contribution in [3.05, 3.63) is 45.6 Å². The van der Waals surface area contributed by atoms with Crippen LogP contribution in [0.5, 0.6) is 11.5 Å². The van der Waals surface area contributed by atoms with Crippen molar-refractivity contribution in [2.24, 2.45) is 0 Å². The maximum absolute atomic E-state index is 12.1. The first-order chi connectivity index (χ1) is 11.1. The van der Waals surface area contributed by atoms with E-state index >= 15 is 0 Å². The zero-order valence-electron chi connectivity index (χ0n) is 12.5. The predicted molar refractivity (Wildman–Crippen MR) is 85.8 cm³/mol. The molecule has 0 fully saturated rings. The average molecular weight is 332 g/mol. The lowest BCUT2D eigenvalue weighted by molar-refractivity contribution is -0.120. The zero-order chi connectivity index (χ0) is 16.2. The number of benzene rings is 1. The van der Waals surface area contributed by atoms with Crippen LogP contribution in [0.2, 0.25) is 0 Å². The van der Waals surface area contributed by atoms with Crippen LogP contribution in [0.1, 0.15) is 20.8 Å². The second-order valence-electron chi connectivity index (χ2n) is 5.05. The number of thiophene rings is 1. The molecule has 3 rings (SSSR count). The molecule has 120 valence electrons. The van der Waals surface area contributed by atoms with Gasteiger partial charge in [-0.1, -0.05) is 0 Å². The second kappa shape index (κ2) is 6.70. The van der Waals surface area contributed by atoms with Gasteiger partial charge in [-0.25, -0.2) is 0 Å². The molecule has 6 nitrogen and oxygen atoms in total. The number of nitrogens with one attached hydrogen (secondary N) is 2. The molecule has 2 aromatic rings. The van der Waals surface area contributed by atoms with Crippen molar-refractivity contribution in [2.45, 2.75) is 13.5 Å². The van der Waals surface area contributed by atoms with E-state index in [1.807, 2.05) is 18.4 Å². The molecule has 0 aliphatic carbocycles. The minimum atomic E-state index is -0.328. The summed E-state index contributed by atoms with van der Waals surface area (Å²) in [7, 11) is 0. The molecule has 7 heteroatoms. The van der Waals surface area contributed by atoms with E-state index in [2.05, 4.69) is 10.6 Å². The molecule has 2 heterocycles. The molecule has 0 saturated heterocycles. The third-order valence-electron chi connectivity index (χ3n) is 3.46. The summed E-state index contributed by atoms with van der Waals surface area (Å²) in [6.07, 6.45) is 0. The highest BCUT2D eigenvalue weighted by molar-refractivity contribution is 7.10. The Balaban J connectivity index is 1.48. The molecule has 1 aromatic carbocycles. The van der Waals surface area contributed by atoms with Crippen molar-refractivity contribution >= 4 is 23.2 Å². The van der Waals surface area contributed by atoms with Gasteiger partial charge in [0.1, 0.15) is 0 Å². The quantitative estimate of drug-likeness (QED) is 0.876. The zero-order valence-corrected chi connectivity index (χ0v) is 13.4. The van der Waals surface area contributed by atoms with E-state index in [1.165, 1.54) is 0 Å². The molecule has 1 aliphatic rings. The Labute approximate surface area is 137 Å². The summed E-state index contributed by atoms with van der Waals surface area (Å²) in [5.41, 5.74) is 1.58. The van der Waals surface area contributed by atoms with Crippen LogP contribution in [0.25, 0.3) is 0 Å². The van der Waals surface area contributed by atoms with Gasteiger partial charge in [0.15, 0.2) is 11.5 Å². The van der Waals surface area contributed by atoms with E-state index in [9.17, 15) is 9.59 Å². The fourth-order valence-electron chi connectivity index (χ4n) is 2.13. The van der Waals surface area contributed by atoms with Crippen molar-refractivity contribution in [3.63, 3.8) is 0 Å².